The molecule has 118 valence electrons. The van der Waals surface area contributed by atoms with E-state index in [0.29, 0.717) is 17.5 Å². The van der Waals surface area contributed by atoms with Gasteiger partial charge in [0.1, 0.15) is 5.82 Å². The average Bonchev–Trinajstić information content (AvgIpc) is 2.97. The molecule has 1 unspecified atom stereocenters. The Morgan fingerprint density at radius 3 is 2.91 bits per heavy atom. The lowest BCUT2D eigenvalue weighted by Gasteiger charge is -2.34. The van der Waals surface area contributed by atoms with Crippen LogP contribution in [0.5, 0.6) is 0 Å². The van der Waals surface area contributed by atoms with E-state index in [2.05, 4.69) is 20.4 Å². The third-order valence-corrected chi connectivity index (χ3v) is 3.90. The molecule has 3 rings (SSSR count). The highest BCUT2D eigenvalue weighted by molar-refractivity contribution is 5.48. The molecule has 1 aliphatic rings. The molecule has 0 radical (unpaired) electrons. The molecule has 22 heavy (non-hydrogen) atoms. The summed E-state index contributed by atoms with van der Waals surface area (Å²) in [5.41, 5.74) is 0.655. The van der Waals surface area contributed by atoms with Gasteiger partial charge in [-0.05, 0) is 25.0 Å². The lowest BCUT2D eigenvalue weighted by molar-refractivity contribution is 0.409. The minimum atomic E-state index is -0.178. The Labute approximate surface area is 129 Å². The van der Waals surface area contributed by atoms with Crippen LogP contribution >= 0.6 is 0 Å². The highest BCUT2D eigenvalue weighted by atomic mass is 19.1. The van der Waals surface area contributed by atoms with Gasteiger partial charge < -0.3 is 14.7 Å². The van der Waals surface area contributed by atoms with Gasteiger partial charge in [-0.3, -0.25) is 0 Å². The second-order valence-electron chi connectivity index (χ2n) is 5.99. The molecule has 1 aromatic heterocycles. The van der Waals surface area contributed by atoms with Crippen LogP contribution in [0.4, 0.5) is 16.1 Å². The van der Waals surface area contributed by atoms with Crippen molar-refractivity contribution in [3.05, 3.63) is 35.9 Å². The van der Waals surface area contributed by atoms with Gasteiger partial charge in [0.15, 0.2) is 5.82 Å². The molecule has 1 aromatic carbocycles. The first-order chi connectivity index (χ1) is 10.6. The fraction of sp³-hybridized carbons (Fsp3) is 0.500. The fourth-order valence-electron chi connectivity index (χ4n) is 2.72. The summed E-state index contributed by atoms with van der Waals surface area (Å²) in [7, 11) is 0. The number of piperidine rings is 1. The Balaban J connectivity index is 1.66. The van der Waals surface area contributed by atoms with Crippen LogP contribution < -0.4 is 10.2 Å². The second-order valence-corrected chi connectivity index (χ2v) is 5.99. The monoisotopic (exact) mass is 304 g/mol. The first kappa shape index (κ1) is 14.8. The number of hydrogen-bond acceptors (Lipinski definition) is 5. The molecule has 5 nitrogen and oxygen atoms in total. The molecule has 6 heteroatoms. The van der Waals surface area contributed by atoms with Crippen LogP contribution in [0.25, 0.3) is 0 Å². The van der Waals surface area contributed by atoms with Crippen molar-refractivity contribution in [1.29, 1.82) is 0 Å². The Morgan fingerprint density at radius 2 is 2.18 bits per heavy atom. The highest BCUT2D eigenvalue weighted by Gasteiger charge is 2.23. The number of hydrogen-bond donors (Lipinski definition) is 1. The van der Waals surface area contributed by atoms with Gasteiger partial charge in [-0.2, -0.15) is 4.98 Å². The van der Waals surface area contributed by atoms with Gasteiger partial charge in [0, 0.05) is 25.0 Å². The fourth-order valence-corrected chi connectivity index (χ4v) is 2.72. The van der Waals surface area contributed by atoms with E-state index in [-0.39, 0.29) is 17.8 Å². The minimum Gasteiger partial charge on any atom is -0.367 e. The van der Waals surface area contributed by atoms with Gasteiger partial charge >= 0.3 is 6.01 Å². The van der Waals surface area contributed by atoms with Crippen molar-refractivity contribution in [3.63, 3.8) is 0 Å². The first-order valence-corrected chi connectivity index (χ1v) is 7.73. The predicted octanol–water partition coefficient (Wildman–Crippen LogP) is 3.41. The summed E-state index contributed by atoms with van der Waals surface area (Å²) in [6, 6.07) is 7.52. The molecule has 0 aliphatic carbocycles. The largest absolute Gasteiger partial charge is 0.367 e. The Kier molecular flexibility index (Phi) is 4.27. The molecule has 2 heterocycles. The summed E-state index contributed by atoms with van der Waals surface area (Å²) in [6.07, 6.45) is 2.00. The van der Waals surface area contributed by atoms with Crippen LogP contribution in [0.1, 0.15) is 38.4 Å². The smallest absolute Gasteiger partial charge is 0.321 e. The lowest BCUT2D eigenvalue weighted by atomic mass is 10.0. The zero-order chi connectivity index (χ0) is 15.5. The van der Waals surface area contributed by atoms with Gasteiger partial charge in [-0.15, -0.1) is 0 Å². The van der Waals surface area contributed by atoms with Crippen LogP contribution in [-0.2, 0) is 0 Å². The van der Waals surface area contributed by atoms with Crippen molar-refractivity contribution < 1.29 is 8.91 Å². The van der Waals surface area contributed by atoms with Crippen molar-refractivity contribution in [2.75, 3.05) is 23.3 Å². The Hall–Kier alpha value is -2.11. The van der Waals surface area contributed by atoms with E-state index >= 15 is 0 Å². The number of nitrogens with zero attached hydrogens (tertiary/aromatic N) is 3. The van der Waals surface area contributed by atoms with Gasteiger partial charge in [0.05, 0.1) is 5.69 Å². The average molecular weight is 304 g/mol. The Bertz CT molecular complexity index is 628. The van der Waals surface area contributed by atoms with Crippen LogP contribution in [-0.4, -0.2) is 29.3 Å². The summed E-state index contributed by atoms with van der Waals surface area (Å²) in [4.78, 5) is 6.40. The zero-order valence-corrected chi connectivity index (χ0v) is 12.9. The standard InChI is InChI=1S/C16H21FN4O/c1-11(2)15-19-16(22-20-15)18-12-6-5-9-21(10-12)14-8-4-3-7-13(14)17/h3-4,7-8,11-12H,5-6,9-10H2,1-2H3,(H,18,19,20). The third-order valence-electron chi connectivity index (χ3n) is 3.90. The van der Waals surface area contributed by atoms with Gasteiger partial charge in [-0.25, -0.2) is 4.39 Å². The molecule has 1 N–H and O–H groups in total. The number of rotatable bonds is 4. The highest BCUT2D eigenvalue weighted by Crippen LogP contribution is 2.24. The van der Waals surface area contributed by atoms with Crippen molar-refractivity contribution in [2.45, 2.75) is 38.6 Å². The van der Waals surface area contributed by atoms with E-state index in [9.17, 15) is 4.39 Å². The van der Waals surface area contributed by atoms with E-state index in [0.717, 1.165) is 25.9 Å². The lowest BCUT2D eigenvalue weighted by Crippen LogP contribution is -2.42. The summed E-state index contributed by atoms with van der Waals surface area (Å²) in [5.74, 6) is 0.757. The maximum Gasteiger partial charge on any atom is 0.321 e. The van der Waals surface area contributed by atoms with Crippen LogP contribution in [0.15, 0.2) is 28.8 Å². The van der Waals surface area contributed by atoms with E-state index in [1.165, 1.54) is 6.07 Å². The molecule has 0 saturated carbocycles. The van der Waals surface area contributed by atoms with Crippen molar-refractivity contribution >= 4 is 11.7 Å². The second kappa shape index (κ2) is 6.34. The van der Waals surface area contributed by atoms with E-state index in [4.69, 9.17) is 4.52 Å². The molecule has 0 amide bonds. The molecular formula is C16H21FN4O. The number of nitrogens with one attached hydrogen (secondary N) is 1. The van der Waals surface area contributed by atoms with Gasteiger partial charge in [0.25, 0.3) is 0 Å². The number of halogens is 1. The summed E-state index contributed by atoms with van der Waals surface area (Å²) in [5, 5.41) is 7.22. The van der Waals surface area contributed by atoms with Crippen LogP contribution in [0, 0.1) is 5.82 Å². The molecule has 1 saturated heterocycles. The van der Waals surface area contributed by atoms with Crippen molar-refractivity contribution in [3.8, 4) is 0 Å². The van der Waals surface area contributed by atoms with E-state index < -0.39 is 0 Å². The topological polar surface area (TPSA) is 54.2 Å². The first-order valence-electron chi connectivity index (χ1n) is 7.73. The number of para-hydroxylation sites is 1. The van der Waals surface area contributed by atoms with Crippen LogP contribution in [0.3, 0.4) is 0 Å². The summed E-state index contributed by atoms with van der Waals surface area (Å²) >= 11 is 0. The van der Waals surface area contributed by atoms with Crippen LogP contribution in [0.2, 0.25) is 0 Å². The summed E-state index contributed by atoms with van der Waals surface area (Å²) < 4.78 is 19.1. The SMILES string of the molecule is CC(C)c1noc(NC2CCCN(c3ccccc3F)C2)n1. The van der Waals surface area contributed by atoms with Gasteiger partial charge in [-0.1, -0.05) is 31.1 Å². The predicted molar refractivity (Wildman–Crippen MR) is 83.6 cm³/mol. The molecule has 0 spiro atoms. The molecule has 1 aliphatic heterocycles. The number of aromatic nitrogens is 2. The Morgan fingerprint density at radius 1 is 1.36 bits per heavy atom. The van der Waals surface area contributed by atoms with Gasteiger partial charge in [0.2, 0.25) is 0 Å². The van der Waals surface area contributed by atoms with E-state index in [1.807, 2.05) is 26.0 Å². The zero-order valence-electron chi connectivity index (χ0n) is 12.9. The molecule has 0 bridgehead atoms. The summed E-state index contributed by atoms with van der Waals surface area (Å²) in [6.45, 7) is 5.63. The maximum atomic E-state index is 13.9. The quantitative estimate of drug-likeness (QED) is 0.938. The normalized spacial score (nSPS) is 18.7. The van der Waals surface area contributed by atoms with Crippen molar-refractivity contribution in [1.82, 2.24) is 10.1 Å². The molecule has 1 atom stereocenters. The number of benzene rings is 1. The molecular weight excluding hydrogens is 283 g/mol. The van der Waals surface area contributed by atoms with E-state index in [1.54, 1.807) is 6.07 Å². The van der Waals surface area contributed by atoms with Crippen molar-refractivity contribution in [2.24, 2.45) is 0 Å². The maximum absolute atomic E-state index is 13.9. The molecule has 1 fully saturated rings. The number of anilines is 2. The molecule has 2 aromatic rings. The third kappa shape index (κ3) is 3.21. The minimum absolute atomic E-state index is 0.175.